The van der Waals surface area contributed by atoms with Crippen molar-refractivity contribution in [3.05, 3.63) is 35.7 Å². The van der Waals surface area contributed by atoms with Crippen LogP contribution in [0.2, 0.25) is 0 Å². The minimum Gasteiger partial charge on any atom is -0.383 e. The summed E-state index contributed by atoms with van der Waals surface area (Å²) in [5.74, 6) is 0.506. The summed E-state index contributed by atoms with van der Waals surface area (Å²) in [4.78, 5) is 7.54. The second kappa shape index (κ2) is 7.22. The molecule has 0 saturated heterocycles. The standard InChI is InChI=1S/C16H23N3O/c1-12(2)13(10-17-7-8-20-3)9-14-11-19-16-15(14)5-4-6-18-16/h4-6,9,11-12,17H,7-8,10H2,1-3H3,(H,18,19). The SMILES string of the molecule is COCCNCC(=Cc1c[nH]c2ncccc12)C(C)C. The lowest BCUT2D eigenvalue weighted by Gasteiger charge is -2.12. The molecule has 0 amide bonds. The van der Waals surface area contributed by atoms with Crippen LogP contribution in [0.1, 0.15) is 19.4 Å². The lowest BCUT2D eigenvalue weighted by atomic mass is 10.0. The molecule has 0 aliphatic carbocycles. The number of rotatable bonds is 7. The van der Waals surface area contributed by atoms with E-state index in [2.05, 4.69) is 41.3 Å². The van der Waals surface area contributed by atoms with E-state index in [1.54, 1.807) is 7.11 Å². The fourth-order valence-corrected chi connectivity index (χ4v) is 2.13. The minimum absolute atomic E-state index is 0.506. The molecule has 108 valence electrons. The van der Waals surface area contributed by atoms with E-state index in [0.29, 0.717) is 5.92 Å². The average molecular weight is 273 g/mol. The van der Waals surface area contributed by atoms with Gasteiger partial charge >= 0.3 is 0 Å². The molecule has 0 saturated carbocycles. The van der Waals surface area contributed by atoms with Gasteiger partial charge in [0.05, 0.1) is 6.61 Å². The van der Waals surface area contributed by atoms with Crippen molar-refractivity contribution < 1.29 is 4.74 Å². The Bertz CT molecular complexity index is 572. The van der Waals surface area contributed by atoms with Crippen molar-refractivity contribution in [2.45, 2.75) is 13.8 Å². The van der Waals surface area contributed by atoms with Crippen LogP contribution >= 0.6 is 0 Å². The van der Waals surface area contributed by atoms with Crippen molar-refractivity contribution in [2.24, 2.45) is 5.92 Å². The molecule has 0 spiro atoms. The number of pyridine rings is 1. The van der Waals surface area contributed by atoms with Crippen LogP contribution in [0.15, 0.2) is 30.1 Å². The molecule has 0 aromatic carbocycles. The molecule has 4 heteroatoms. The van der Waals surface area contributed by atoms with Gasteiger partial charge in [0.1, 0.15) is 5.65 Å². The number of hydrogen-bond acceptors (Lipinski definition) is 3. The zero-order valence-electron chi connectivity index (χ0n) is 12.4. The molecule has 0 aliphatic rings. The van der Waals surface area contributed by atoms with Crippen LogP contribution < -0.4 is 5.32 Å². The largest absolute Gasteiger partial charge is 0.383 e. The Balaban J connectivity index is 2.15. The molecule has 2 aromatic heterocycles. The highest BCUT2D eigenvalue weighted by Crippen LogP contribution is 2.21. The van der Waals surface area contributed by atoms with E-state index in [-0.39, 0.29) is 0 Å². The van der Waals surface area contributed by atoms with Gasteiger partial charge in [0, 0.05) is 43.5 Å². The molecule has 2 aromatic rings. The topological polar surface area (TPSA) is 49.9 Å². The van der Waals surface area contributed by atoms with Crippen LogP contribution in [-0.4, -0.2) is 36.8 Å². The van der Waals surface area contributed by atoms with Crippen LogP contribution in [0.25, 0.3) is 17.1 Å². The molecular formula is C16H23N3O. The van der Waals surface area contributed by atoms with Gasteiger partial charge in [-0.05, 0) is 18.1 Å². The summed E-state index contributed by atoms with van der Waals surface area (Å²) in [6.07, 6.45) is 6.09. The summed E-state index contributed by atoms with van der Waals surface area (Å²) < 4.78 is 5.05. The molecule has 20 heavy (non-hydrogen) atoms. The van der Waals surface area contributed by atoms with Crippen molar-refractivity contribution in [1.82, 2.24) is 15.3 Å². The van der Waals surface area contributed by atoms with Crippen LogP contribution in [0.3, 0.4) is 0 Å². The highest BCUT2D eigenvalue weighted by molar-refractivity contribution is 5.86. The van der Waals surface area contributed by atoms with Gasteiger partial charge in [-0.2, -0.15) is 0 Å². The monoisotopic (exact) mass is 273 g/mol. The van der Waals surface area contributed by atoms with E-state index in [9.17, 15) is 0 Å². The summed E-state index contributed by atoms with van der Waals surface area (Å²) >= 11 is 0. The molecule has 0 unspecified atom stereocenters. The Hall–Kier alpha value is -1.65. The maximum atomic E-state index is 5.05. The summed E-state index contributed by atoms with van der Waals surface area (Å²) in [5.41, 5.74) is 3.52. The third-order valence-electron chi connectivity index (χ3n) is 3.38. The zero-order valence-corrected chi connectivity index (χ0v) is 12.4. The first-order valence-electron chi connectivity index (χ1n) is 7.04. The van der Waals surface area contributed by atoms with Crippen molar-refractivity contribution in [2.75, 3.05) is 26.8 Å². The van der Waals surface area contributed by atoms with Gasteiger partial charge in [-0.3, -0.25) is 0 Å². The van der Waals surface area contributed by atoms with E-state index in [0.717, 1.165) is 25.3 Å². The van der Waals surface area contributed by atoms with Crippen LogP contribution in [-0.2, 0) is 4.74 Å². The predicted molar refractivity (Wildman–Crippen MR) is 83.7 cm³/mol. The van der Waals surface area contributed by atoms with Gasteiger partial charge in [-0.25, -0.2) is 4.98 Å². The van der Waals surface area contributed by atoms with Gasteiger partial charge in [-0.1, -0.05) is 25.5 Å². The average Bonchev–Trinajstić information content (AvgIpc) is 2.85. The molecule has 2 heterocycles. The number of aromatic amines is 1. The molecule has 0 bridgehead atoms. The normalized spacial score (nSPS) is 12.5. The third-order valence-corrected chi connectivity index (χ3v) is 3.38. The highest BCUT2D eigenvalue weighted by Gasteiger charge is 2.06. The number of aromatic nitrogens is 2. The van der Waals surface area contributed by atoms with Crippen LogP contribution in [0.5, 0.6) is 0 Å². The number of nitrogens with zero attached hydrogens (tertiary/aromatic N) is 1. The molecular weight excluding hydrogens is 250 g/mol. The van der Waals surface area contributed by atoms with E-state index in [1.807, 2.05) is 18.5 Å². The minimum atomic E-state index is 0.506. The Morgan fingerprint density at radius 3 is 3.10 bits per heavy atom. The second-order valence-corrected chi connectivity index (χ2v) is 5.19. The fourth-order valence-electron chi connectivity index (χ4n) is 2.13. The van der Waals surface area contributed by atoms with E-state index in [1.165, 1.54) is 16.5 Å². The lowest BCUT2D eigenvalue weighted by Crippen LogP contribution is -2.23. The Morgan fingerprint density at radius 2 is 2.35 bits per heavy atom. The second-order valence-electron chi connectivity index (χ2n) is 5.19. The first kappa shape index (κ1) is 14.8. The van der Waals surface area contributed by atoms with Gasteiger partial charge in [0.2, 0.25) is 0 Å². The number of nitrogens with one attached hydrogen (secondary N) is 2. The van der Waals surface area contributed by atoms with Gasteiger partial charge in [0.25, 0.3) is 0 Å². The Morgan fingerprint density at radius 1 is 1.50 bits per heavy atom. The quantitative estimate of drug-likeness (QED) is 0.763. The van der Waals surface area contributed by atoms with Gasteiger partial charge in [-0.15, -0.1) is 0 Å². The van der Waals surface area contributed by atoms with E-state index >= 15 is 0 Å². The third kappa shape index (κ3) is 3.68. The molecule has 0 fully saturated rings. The van der Waals surface area contributed by atoms with Crippen LogP contribution in [0, 0.1) is 5.92 Å². The smallest absolute Gasteiger partial charge is 0.137 e. The molecule has 2 N–H and O–H groups in total. The number of hydrogen-bond donors (Lipinski definition) is 2. The van der Waals surface area contributed by atoms with Gasteiger partial charge < -0.3 is 15.0 Å². The fraction of sp³-hybridized carbons (Fsp3) is 0.438. The van der Waals surface area contributed by atoms with Crippen LogP contribution in [0.4, 0.5) is 0 Å². The summed E-state index contributed by atoms with van der Waals surface area (Å²) in [6.45, 7) is 6.93. The molecule has 4 nitrogen and oxygen atoms in total. The maximum absolute atomic E-state index is 5.05. The molecule has 2 rings (SSSR count). The first-order chi connectivity index (χ1) is 9.72. The number of fused-ring (bicyclic) bond motifs is 1. The number of H-pyrrole nitrogens is 1. The van der Waals surface area contributed by atoms with Crippen molar-refractivity contribution in [3.63, 3.8) is 0 Å². The summed E-state index contributed by atoms with van der Waals surface area (Å²) in [7, 11) is 1.72. The molecule has 0 aliphatic heterocycles. The zero-order chi connectivity index (χ0) is 14.4. The van der Waals surface area contributed by atoms with Crippen molar-refractivity contribution in [1.29, 1.82) is 0 Å². The van der Waals surface area contributed by atoms with E-state index < -0.39 is 0 Å². The molecule has 0 atom stereocenters. The predicted octanol–water partition coefficient (Wildman–Crippen LogP) is 2.84. The highest BCUT2D eigenvalue weighted by atomic mass is 16.5. The maximum Gasteiger partial charge on any atom is 0.137 e. The Labute approximate surface area is 120 Å². The van der Waals surface area contributed by atoms with Crippen molar-refractivity contribution >= 4 is 17.1 Å². The summed E-state index contributed by atoms with van der Waals surface area (Å²) in [6, 6.07) is 4.07. The Kier molecular flexibility index (Phi) is 5.32. The first-order valence-corrected chi connectivity index (χ1v) is 7.04. The number of methoxy groups -OCH3 is 1. The number of ether oxygens (including phenoxy) is 1. The summed E-state index contributed by atoms with van der Waals surface area (Å²) in [5, 5.41) is 4.58. The van der Waals surface area contributed by atoms with E-state index in [4.69, 9.17) is 4.74 Å². The van der Waals surface area contributed by atoms with Crippen molar-refractivity contribution in [3.8, 4) is 0 Å². The molecule has 0 radical (unpaired) electrons. The van der Waals surface area contributed by atoms with Gasteiger partial charge in [0.15, 0.2) is 0 Å². The lowest BCUT2D eigenvalue weighted by molar-refractivity contribution is 0.200.